The highest BCUT2D eigenvalue weighted by atomic mass is 79.9. The van der Waals surface area contributed by atoms with Crippen LogP contribution in [-0.4, -0.2) is 40.8 Å². The number of carboxylic acids is 1. The Balaban J connectivity index is 2.14. The van der Waals surface area contributed by atoms with Gasteiger partial charge in [-0.25, -0.2) is 0 Å². The summed E-state index contributed by atoms with van der Waals surface area (Å²) < 4.78 is 6.03. The summed E-state index contributed by atoms with van der Waals surface area (Å²) >= 11 is 3.34. The van der Waals surface area contributed by atoms with Crippen LogP contribution in [0, 0.1) is 11.8 Å². The Bertz CT molecular complexity index is 549. The summed E-state index contributed by atoms with van der Waals surface area (Å²) in [6.45, 7) is 6.51. The van der Waals surface area contributed by atoms with E-state index < -0.39 is 5.97 Å². The first-order valence-corrected chi connectivity index (χ1v) is 8.29. The van der Waals surface area contributed by atoms with Crippen LogP contribution in [0.25, 0.3) is 0 Å². The molecule has 2 unspecified atom stereocenters. The first-order valence-electron chi connectivity index (χ1n) is 7.50. The first kappa shape index (κ1) is 17.1. The molecule has 1 aliphatic rings. The number of phenolic OH excluding ortho intramolecular Hbond substituents is 1. The van der Waals surface area contributed by atoms with Gasteiger partial charge in [-0.15, -0.1) is 0 Å². The van der Waals surface area contributed by atoms with Crippen molar-refractivity contribution in [3.05, 3.63) is 22.2 Å². The molecule has 0 radical (unpaired) electrons. The van der Waals surface area contributed by atoms with Crippen molar-refractivity contribution in [2.45, 2.75) is 26.8 Å². The number of carboxylic acid groups (broad SMARTS) is 1. The van der Waals surface area contributed by atoms with E-state index in [2.05, 4.69) is 27.8 Å². The van der Waals surface area contributed by atoms with Gasteiger partial charge in [0.2, 0.25) is 0 Å². The summed E-state index contributed by atoms with van der Waals surface area (Å²) in [6.07, 6.45) is 0.731. The van der Waals surface area contributed by atoms with Crippen molar-refractivity contribution in [3.8, 4) is 11.5 Å². The van der Waals surface area contributed by atoms with E-state index in [1.807, 2.05) is 19.1 Å². The van der Waals surface area contributed by atoms with Gasteiger partial charge in [0.05, 0.1) is 17.0 Å². The zero-order chi connectivity index (χ0) is 16.3. The highest BCUT2D eigenvalue weighted by Gasteiger charge is 2.29. The molecular formula is C16H22BrNO4. The average Bonchev–Trinajstić information content (AvgIpc) is 2.43. The van der Waals surface area contributed by atoms with Crippen LogP contribution >= 0.6 is 15.9 Å². The number of piperidine rings is 1. The Kier molecular flexibility index (Phi) is 5.69. The lowest BCUT2D eigenvalue weighted by molar-refractivity contribution is -0.144. The molecule has 2 rings (SSSR count). The molecule has 0 aliphatic carbocycles. The molecule has 1 fully saturated rings. The maximum Gasteiger partial charge on any atom is 0.307 e. The van der Waals surface area contributed by atoms with Crippen LogP contribution in [0.5, 0.6) is 11.5 Å². The van der Waals surface area contributed by atoms with Crippen LogP contribution in [0.3, 0.4) is 0 Å². The van der Waals surface area contributed by atoms with E-state index in [1.54, 1.807) is 0 Å². The molecule has 0 bridgehead atoms. The number of aliphatic carboxylic acids is 1. The number of phenols is 1. The van der Waals surface area contributed by atoms with E-state index in [0.717, 1.165) is 18.5 Å². The second-order valence-corrected chi connectivity index (χ2v) is 6.78. The van der Waals surface area contributed by atoms with Crippen LogP contribution in [0.15, 0.2) is 16.6 Å². The van der Waals surface area contributed by atoms with Gasteiger partial charge in [0.25, 0.3) is 0 Å². The van der Waals surface area contributed by atoms with E-state index in [0.29, 0.717) is 35.8 Å². The molecule has 22 heavy (non-hydrogen) atoms. The molecule has 0 spiro atoms. The molecule has 122 valence electrons. The van der Waals surface area contributed by atoms with Gasteiger partial charge in [0, 0.05) is 19.6 Å². The molecule has 5 nitrogen and oxygen atoms in total. The number of likely N-dealkylation sites (tertiary alicyclic amines) is 1. The summed E-state index contributed by atoms with van der Waals surface area (Å²) in [7, 11) is 0. The summed E-state index contributed by atoms with van der Waals surface area (Å²) in [5.74, 6) is -0.122. The van der Waals surface area contributed by atoms with Gasteiger partial charge >= 0.3 is 5.97 Å². The zero-order valence-corrected chi connectivity index (χ0v) is 14.5. The Hall–Kier alpha value is -1.27. The number of hydrogen-bond donors (Lipinski definition) is 2. The maximum absolute atomic E-state index is 11.2. The fourth-order valence-corrected chi connectivity index (χ4v) is 3.50. The summed E-state index contributed by atoms with van der Waals surface area (Å²) in [6, 6.07) is 3.67. The molecule has 6 heteroatoms. The van der Waals surface area contributed by atoms with E-state index in [9.17, 15) is 15.0 Å². The van der Waals surface area contributed by atoms with Crippen molar-refractivity contribution in [1.82, 2.24) is 4.90 Å². The number of benzene rings is 1. The number of halogens is 1. The van der Waals surface area contributed by atoms with Crippen molar-refractivity contribution in [3.63, 3.8) is 0 Å². The van der Waals surface area contributed by atoms with Crippen LogP contribution < -0.4 is 4.74 Å². The van der Waals surface area contributed by atoms with Crippen molar-refractivity contribution >= 4 is 21.9 Å². The Morgan fingerprint density at radius 2 is 2.18 bits per heavy atom. The Morgan fingerprint density at radius 1 is 1.45 bits per heavy atom. The fraction of sp³-hybridized carbons (Fsp3) is 0.562. The molecule has 1 aromatic carbocycles. The van der Waals surface area contributed by atoms with Gasteiger partial charge in [0.15, 0.2) is 11.5 Å². The quantitative estimate of drug-likeness (QED) is 0.831. The third-order valence-electron chi connectivity index (χ3n) is 3.88. The highest BCUT2D eigenvalue weighted by Crippen LogP contribution is 2.36. The van der Waals surface area contributed by atoms with E-state index >= 15 is 0 Å². The number of carbonyl (C=O) groups is 1. The molecule has 1 saturated heterocycles. The number of hydrogen-bond acceptors (Lipinski definition) is 4. The van der Waals surface area contributed by atoms with E-state index in [1.165, 1.54) is 0 Å². The minimum Gasteiger partial charge on any atom is -0.503 e. The Morgan fingerprint density at radius 3 is 2.82 bits per heavy atom. The lowest BCUT2D eigenvalue weighted by Crippen LogP contribution is -2.41. The topological polar surface area (TPSA) is 70.0 Å². The Labute approximate surface area is 139 Å². The SMILES string of the molecule is CCOc1cc(CN2CC(C)CC(C(=O)O)C2)cc(Br)c1O. The van der Waals surface area contributed by atoms with Gasteiger partial charge in [-0.05, 0) is 52.9 Å². The molecular weight excluding hydrogens is 350 g/mol. The normalized spacial score (nSPS) is 22.5. The minimum atomic E-state index is -0.724. The van der Waals surface area contributed by atoms with Crippen molar-refractivity contribution in [1.29, 1.82) is 0 Å². The molecule has 1 heterocycles. The second kappa shape index (κ2) is 7.33. The lowest BCUT2D eigenvalue weighted by atomic mass is 9.90. The van der Waals surface area contributed by atoms with Crippen molar-refractivity contribution in [2.75, 3.05) is 19.7 Å². The van der Waals surface area contributed by atoms with Crippen molar-refractivity contribution in [2.24, 2.45) is 11.8 Å². The van der Waals surface area contributed by atoms with Crippen LogP contribution in [0.2, 0.25) is 0 Å². The zero-order valence-electron chi connectivity index (χ0n) is 12.9. The lowest BCUT2D eigenvalue weighted by Gasteiger charge is -2.34. The van der Waals surface area contributed by atoms with Gasteiger partial charge in [-0.3, -0.25) is 9.69 Å². The van der Waals surface area contributed by atoms with Crippen LogP contribution in [0.4, 0.5) is 0 Å². The van der Waals surface area contributed by atoms with Crippen molar-refractivity contribution < 1.29 is 19.7 Å². The van der Waals surface area contributed by atoms with Crippen LogP contribution in [-0.2, 0) is 11.3 Å². The first-order chi connectivity index (χ1) is 10.4. The van der Waals surface area contributed by atoms with Gasteiger partial charge in [0.1, 0.15) is 0 Å². The molecule has 0 aromatic heterocycles. The number of nitrogens with zero attached hydrogens (tertiary/aromatic N) is 1. The summed E-state index contributed by atoms with van der Waals surface area (Å²) in [4.78, 5) is 13.4. The smallest absolute Gasteiger partial charge is 0.307 e. The van der Waals surface area contributed by atoms with E-state index in [-0.39, 0.29) is 11.7 Å². The second-order valence-electron chi connectivity index (χ2n) is 5.93. The van der Waals surface area contributed by atoms with Gasteiger partial charge < -0.3 is 14.9 Å². The standard InChI is InChI=1S/C16H22BrNO4/c1-3-22-14-6-11(5-13(17)15(14)19)8-18-7-10(2)4-12(9-18)16(20)21/h5-6,10,12,19H,3-4,7-9H2,1-2H3,(H,20,21). The maximum atomic E-state index is 11.2. The van der Waals surface area contributed by atoms with Gasteiger partial charge in [-0.2, -0.15) is 0 Å². The molecule has 2 N–H and O–H groups in total. The number of ether oxygens (including phenoxy) is 1. The van der Waals surface area contributed by atoms with E-state index in [4.69, 9.17) is 4.74 Å². The highest BCUT2D eigenvalue weighted by molar-refractivity contribution is 9.10. The van der Waals surface area contributed by atoms with Crippen LogP contribution in [0.1, 0.15) is 25.8 Å². The predicted octanol–water partition coefficient (Wildman–Crippen LogP) is 3.10. The van der Waals surface area contributed by atoms with Gasteiger partial charge in [-0.1, -0.05) is 6.92 Å². The number of rotatable bonds is 5. The monoisotopic (exact) mass is 371 g/mol. The molecule has 0 amide bonds. The minimum absolute atomic E-state index is 0.0982. The fourth-order valence-electron chi connectivity index (χ4n) is 3.01. The largest absolute Gasteiger partial charge is 0.503 e. The number of aromatic hydroxyl groups is 1. The molecule has 2 atom stereocenters. The summed E-state index contributed by atoms with van der Waals surface area (Å²) in [5.41, 5.74) is 0.992. The average molecular weight is 372 g/mol. The third kappa shape index (κ3) is 4.14. The summed E-state index contributed by atoms with van der Waals surface area (Å²) in [5, 5.41) is 19.2. The third-order valence-corrected chi connectivity index (χ3v) is 4.48. The molecule has 1 aromatic rings. The predicted molar refractivity (Wildman–Crippen MR) is 87.2 cm³/mol. The molecule has 0 saturated carbocycles. The molecule has 1 aliphatic heterocycles.